The number of hydrogen-bond donors (Lipinski definition) is 1. The molecule has 59 heavy (non-hydrogen) atoms. The van der Waals surface area contributed by atoms with Crippen LogP contribution in [0.25, 0.3) is 10.8 Å². The maximum Gasteiger partial charge on any atom is 0.433 e. The Morgan fingerprint density at radius 1 is 1.07 bits per heavy atom. The number of carbonyl (C=O) groups is 4. The standard InChI is InChI=1S/C42H53F4N3O9S/c1-24-9-7-8-10-27-20-41(27,38(53)48-59(54,55)40(23-43)13-14-40)21-33(50)32-18-29(22-49(32)37(52)31(25(2)15-24)19-35(51)58-39(3,4)5)57-36-30-12-11-28(56-6)16-26(30)17-34(47-36)42(44,45)46/h8,10-12,16-17,24-25,27,29,31-32H,7,9,13-15,18-23H2,1-6H3,(H,48,53)/b10-8-/t24-,25-,27-,29-,31+,32+,41-/m1/s1. The van der Waals surface area contributed by atoms with E-state index < -0.39 is 98.3 Å². The number of nitrogens with zero attached hydrogens (tertiary/aromatic N) is 2. The van der Waals surface area contributed by atoms with Crippen molar-refractivity contribution < 1.29 is 59.4 Å². The number of ketones is 1. The van der Waals surface area contributed by atoms with Gasteiger partial charge in [0.1, 0.15) is 34.6 Å². The van der Waals surface area contributed by atoms with Crippen LogP contribution in [0.1, 0.15) is 98.1 Å². The lowest BCUT2D eigenvalue weighted by molar-refractivity contribution is -0.160. The lowest BCUT2D eigenvalue weighted by Crippen LogP contribution is -2.48. The molecule has 0 spiro atoms. The number of benzene rings is 1. The molecule has 0 bridgehead atoms. The Kier molecular flexibility index (Phi) is 12.2. The van der Waals surface area contributed by atoms with Crippen molar-refractivity contribution in [3.05, 3.63) is 42.1 Å². The summed E-state index contributed by atoms with van der Waals surface area (Å²) >= 11 is 0. The second-order valence-corrected chi connectivity index (χ2v) is 20.0. The lowest BCUT2D eigenvalue weighted by atomic mass is 9.82. The summed E-state index contributed by atoms with van der Waals surface area (Å²) in [6.07, 6.45) is -1.18. The summed E-state index contributed by atoms with van der Waals surface area (Å²) in [5.74, 6) is -4.61. The van der Waals surface area contributed by atoms with Gasteiger partial charge in [0.05, 0.1) is 37.5 Å². The number of pyridine rings is 1. The molecule has 2 amide bonds. The van der Waals surface area contributed by atoms with Crippen molar-refractivity contribution in [3.63, 3.8) is 0 Å². The number of ether oxygens (including phenoxy) is 3. The molecule has 0 unspecified atom stereocenters. The van der Waals surface area contributed by atoms with Crippen LogP contribution in [0.15, 0.2) is 36.4 Å². The van der Waals surface area contributed by atoms with Gasteiger partial charge in [0.2, 0.25) is 27.7 Å². The summed E-state index contributed by atoms with van der Waals surface area (Å²) in [4.78, 5) is 61.9. The van der Waals surface area contributed by atoms with Gasteiger partial charge in [-0.15, -0.1) is 0 Å². The number of amides is 2. The highest BCUT2D eigenvalue weighted by Crippen LogP contribution is 2.58. The number of allylic oxidation sites excluding steroid dienone is 2. The fraction of sp³-hybridized carbons (Fsp3) is 0.643. The molecule has 2 aromatic rings. The van der Waals surface area contributed by atoms with E-state index in [1.54, 1.807) is 26.8 Å². The zero-order valence-electron chi connectivity index (χ0n) is 34.2. The Balaban J connectivity index is 1.38. The van der Waals surface area contributed by atoms with Gasteiger partial charge >= 0.3 is 12.1 Å². The highest BCUT2D eigenvalue weighted by atomic mass is 32.2. The molecule has 0 radical (unpaired) electrons. The van der Waals surface area contributed by atoms with Crippen LogP contribution in [0, 0.1) is 29.1 Å². The van der Waals surface area contributed by atoms with Crippen LogP contribution in [0.3, 0.4) is 0 Å². The number of rotatable bonds is 9. The van der Waals surface area contributed by atoms with E-state index in [4.69, 9.17) is 14.2 Å². The van der Waals surface area contributed by atoms with Gasteiger partial charge in [0.25, 0.3) is 0 Å². The number of carbonyl (C=O) groups excluding carboxylic acids is 4. The number of nitrogens with one attached hydrogen (secondary N) is 1. The first kappa shape index (κ1) is 44.3. The first-order chi connectivity index (χ1) is 27.5. The fourth-order valence-corrected chi connectivity index (χ4v) is 9.97. The maximum atomic E-state index is 14.9. The van der Waals surface area contributed by atoms with Crippen molar-refractivity contribution in [3.8, 4) is 11.6 Å². The largest absolute Gasteiger partial charge is 0.497 e. The van der Waals surface area contributed by atoms with Crippen LogP contribution in [0.5, 0.6) is 11.6 Å². The Labute approximate surface area is 341 Å². The third-order valence-corrected chi connectivity index (χ3v) is 14.3. The number of halogens is 4. The van der Waals surface area contributed by atoms with E-state index in [1.165, 1.54) is 30.2 Å². The fourth-order valence-electron chi connectivity index (χ4n) is 8.53. The Morgan fingerprint density at radius 3 is 2.41 bits per heavy atom. The summed E-state index contributed by atoms with van der Waals surface area (Å²) in [6, 6.07) is 4.02. The normalized spacial score (nSPS) is 29.4. The van der Waals surface area contributed by atoms with Gasteiger partial charge in [-0.05, 0) is 107 Å². The predicted molar refractivity (Wildman–Crippen MR) is 208 cm³/mol. The van der Waals surface area contributed by atoms with Gasteiger partial charge in [0.15, 0.2) is 5.78 Å². The molecule has 3 heterocycles. The minimum atomic E-state index is -4.85. The second kappa shape index (κ2) is 16.3. The Bertz CT molecular complexity index is 2120. The molecule has 2 aliphatic carbocycles. The molecule has 1 saturated heterocycles. The summed E-state index contributed by atoms with van der Waals surface area (Å²) in [5, 5.41) is 0.344. The molecule has 12 nitrogen and oxygen atoms in total. The molecule has 3 fully saturated rings. The summed E-state index contributed by atoms with van der Waals surface area (Å²) in [5.41, 5.74) is -3.61. The average molecular weight is 852 g/mol. The number of fused-ring (bicyclic) bond motifs is 3. The number of methoxy groups -OCH3 is 1. The maximum absolute atomic E-state index is 14.9. The van der Waals surface area contributed by atoms with E-state index in [1.807, 2.05) is 19.9 Å². The van der Waals surface area contributed by atoms with Crippen LogP contribution < -0.4 is 14.2 Å². The minimum absolute atomic E-state index is 0.0482. The van der Waals surface area contributed by atoms with E-state index in [2.05, 4.69) is 9.71 Å². The molecule has 7 atom stereocenters. The molecular weight excluding hydrogens is 799 g/mol. The van der Waals surface area contributed by atoms with Crippen LogP contribution >= 0.6 is 0 Å². The van der Waals surface area contributed by atoms with Gasteiger partial charge in [-0.25, -0.2) is 17.8 Å². The summed E-state index contributed by atoms with van der Waals surface area (Å²) in [7, 11) is -3.06. The highest BCUT2D eigenvalue weighted by Gasteiger charge is 2.63. The molecule has 17 heteroatoms. The van der Waals surface area contributed by atoms with Crippen molar-refractivity contribution in [1.29, 1.82) is 0 Å². The number of aromatic nitrogens is 1. The average Bonchev–Trinajstić information content (AvgIpc) is 4.05. The van der Waals surface area contributed by atoms with E-state index in [9.17, 15) is 45.2 Å². The SMILES string of the molecule is COc1ccc2c(O[C@@H]3C[C@H]4C(=O)C[C@]5(C(=O)NS(=O)(=O)C6(CF)CC6)C[C@H]5/C=C\CC[C@@H](C)C[C@@H](C)[C@H](CC(=O)OC(C)(C)C)C(=O)N4C3)nc(C(F)(F)F)cc2c1. The van der Waals surface area contributed by atoms with Crippen molar-refractivity contribution >= 4 is 44.4 Å². The van der Waals surface area contributed by atoms with Crippen molar-refractivity contribution in [2.75, 3.05) is 20.3 Å². The van der Waals surface area contributed by atoms with Crippen LogP contribution in [-0.4, -0.2) is 84.7 Å². The minimum Gasteiger partial charge on any atom is -0.497 e. The van der Waals surface area contributed by atoms with Crippen molar-refractivity contribution in [1.82, 2.24) is 14.6 Å². The molecule has 1 aromatic carbocycles. The second-order valence-electron chi connectivity index (χ2n) is 18.0. The smallest absolute Gasteiger partial charge is 0.433 e. The van der Waals surface area contributed by atoms with Crippen molar-refractivity contribution in [2.45, 2.75) is 121 Å². The molecule has 324 valence electrons. The van der Waals surface area contributed by atoms with Gasteiger partial charge in [-0.3, -0.25) is 23.9 Å². The van der Waals surface area contributed by atoms with Gasteiger partial charge < -0.3 is 19.1 Å². The molecule has 2 saturated carbocycles. The predicted octanol–water partition coefficient (Wildman–Crippen LogP) is 6.88. The molecule has 1 N–H and O–H groups in total. The monoisotopic (exact) mass is 851 g/mol. The number of Topliss-reactive ketones (excluding diaryl/α,β-unsaturated/α-hetero) is 1. The quantitative estimate of drug-likeness (QED) is 0.160. The van der Waals surface area contributed by atoms with Crippen LogP contribution in [0.2, 0.25) is 0 Å². The van der Waals surface area contributed by atoms with Crippen molar-refractivity contribution in [2.24, 2.45) is 29.1 Å². The first-order valence-electron chi connectivity index (χ1n) is 20.1. The molecular formula is C42H53F4N3O9S. The Hall–Kier alpha value is -4.28. The topological polar surface area (TPSA) is 158 Å². The van der Waals surface area contributed by atoms with E-state index in [-0.39, 0.29) is 67.1 Å². The molecule has 4 aliphatic rings. The zero-order chi connectivity index (χ0) is 43.3. The highest BCUT2D eigenvalue weighted by molar-refractivity contribution is 7.91. The third-order valence-electron chi connectivity index (χ3n) is 12.2. The lowest BCUT2D eigenvalue weighted by Gasteiger charge is -2.32. The summed E-state index contributed by atoms with van der Waals surface area (Å²) < 4.78 is 100. The molecule has 1 aromatic heterocycles. The van der Waals surface area contributed by atoms with Crippen LogP contribution in [0.4, 0.5) is 17.6 Å². The zero-order valence-corrected chi connectivity index (χ0v) is 35.0. The van der Waals surface area contributed by atoms with Gasteiger partial charge in [-0.1, -0.05) is 26.0 Å². The molecule has 2 aliphatic heterocycles. The third kappa shape index (κ3) is 9.54. The van der Waals surface area contributed by atoms with E-state index in [0.717, 1.165) is 6.07 Å². The molecule has 6 rings (SSSR count). The number of alkyl halides is 4. The number of hydrogen-bond acceptors (Lipinski definition) is 10. The summed E-state index contributed by atoms with van der Waals surface area (Å²) in [6.45, 7) is 7.53. The van der Waals surface area contributed by atoms with E-state index >= 15 is 0 Å². The first-order valence-corrected chi connectivity index (χ1v) is 21.6. The van der Waals surface area contributed by atoms with Gasteiger partial charge in [0, 0.05) is 18.2 Å². The number of esters is 1. The Morgan fingerprint density at radius 2 is 1.78 bits per heavy atom. The van der Waals surface area contributed by atoms with E-state index in [0.29, 0.717) is 25.0 Å². The van der Waals surface area contributed by atoms with Gasteiger partial charge in [-0.2, -0.15) is 13.2 Å². The van der Waals surface area contributed by atoms with Crippen LogP contribution in [-0.2, 0) is 40.1 Å². The number of sulfonamides is 1.